The van der Waals surface area contributed by atoms with Crippen LogP contribution in [0.2, 0.25) is 0 Å². The van der Waals surface area contributed by atoms with Crippen LogP contribution in [0.1, 0.15) is 15.4 Å². The minimum atomic E-state index is -1.09. The van der Waals surface area contributed by atoms with Crippen LogP contribution in [-0.4, -0.2) is 26.8 Å². The number of aromatic nitrogens is 2. The molecule has 0 bridgehead atoms. The maximum Gasteiger partial charge on any atom is 0.356 e. The Labute approximate surface area is 136 Å². The number of nitrogens with zero attached hydrogens (tertiary/aromatic N) is 2. The molecule has 1 amide bonds. The molecule has 0 aliphatic heterocycles. The topological polar surface area (TPSA) is 84.2 Å². The van der Waals surface area contributed by atoms with E-state index in [1.807, 2.05) is 17.5 Å². The van der Waals surface area contributed by atoms with Crippen LogP contribution in [0.5, 0.6) is 0 Å². The highest BCUT2D eigenvalue weighted by molar-refractivity contribution is 7.10. The molecular formula is C16H13N3O3S. The van der Waals surface area contributed by atoms with Crippen molar-refractivity contribution in [2.45, 2.75) is 6.42 Å². The third-order valence-electron chi connectivity index (χ3n) is 3.15. The van der Waals surface area contributed by atoms with Crippen LogP contribution >= 0.6 is 11.3 Å². The zero-order chi connectivity index (χ0) is 16.2. The lowest BCUT2D eigenvalue weighted by Gasteiger charge is -2.10. The van der Waals surface area contributed by atoms with Gasteiger partial charge in [0.2, 0.25) is 5.91 Å². The molecule has 6 nitrogen and oxygen atoms in total. The Morgan fingerprint density at radius 1 is 1.17 bits per heavy atom. The van der Waals surface area contributed by atoms with Crippen LogP contribution in [0.15, 0.2) is 54.0 Å². The number of thiophene rings is 1. The predicted molar refractivity (Wildman–Crippen MR) is 87.2 cm³/mol. The predicted octanol–water partition coefficient (Wildman–Crippen LogP) is 2.81. The van der Waals surface area contributed by atoms with Gasteiger partial charge in [0, 0.05) is 11.1 Å². The van der Waals surface area contributed by atoms with E-state index < -0.39 is 5.97 Å². The van der Waals surface area contributed by atoms with Crippen LogP contribution in [0.3, 0.4) is 0 Å². The number of carbonyl (C=O) groups is 2. The first-order valence-corrected chi connectivity index (χ1v) is 7.72. The van der Waals surface area contributed by atoms with Gasteiger partial charge in [-0.2, -0.15) is 5.10 Å². The Kier molecular flexibility index (Phi) is 4.20. The van der Waals surface area contributed by atoms with Gasteiger partial charge in [-0.1, -0.05) is 18.2 Å². The van der Waals surface area contributed by atoms with Crippen LogP contribution in [-0.2, 0) is 11.2 Å². The summed E-state index contributed by atoms with van der Waals surface area (Å²) < 4.78 is 1.43. The number of rotatable bonds is 5. The number of hydrogen-bond acceptors (Lipinski definition) is 4. The number of carboxylic acids is 1. The number of carboxylic acid groups (broad SMARTS) is 1. The molecule has 0 aliphatic carbocycles. The highest BCUT2D eigenvalue weighted by atomic mass is 32.1. The summed E-state index contributed by atoms with van der Waals surface area (Å²) in [5.74, 6) is -1.23. The molecule has 3 aromatic rings. The summed E-state index contributed by atoms with van der Waals surface area (Å²) in [5.41, 5.74) is 1.14. The average Bonchev–Trinajstić information content (AvgIpc) is 3.19. The zero-order valence-electron chi connectivity index (χ0n) is 12.0. The Bertz CT molecular complexity index is 840. The highest BCUT2D eigenvalue weighted by Crippen LogP contribution is 2.20. The van der Waals surface area contributed by atoms with Crippen LogP contribution in [0, 0.1) is 0 Å². The number of nitrogens with one attached hydrogen (secondary N) is 1. The summed E-state index contributed by atoms with van der Waals surface area (Å²) in [4.78, 5) is 24.1. The third kappa shape index (κ3) is 3.46. The Morgan fingerprint density at radius 2 is 2.00 bits per heavy atom. The van der Waals surface area contributed by atoms with Crippen LogP contribution < -0.4 is 5.32 Å². The lowest BCUT2D eigenvalue weighted by molar-refractivity contribution is -0.115. The molecule has 3 rings (SSSR count). The van der Waals surface area contributed by atoms with Gasteiger partial charge in [-0.25, -0.2) is 9.48 Å². The molecule has 0 spiro atoms. The molecular weight excluding hydrogens is 314 g/mol. The molecule has 0 fully saturated rings. The molecule has 0 saturated heterocycles. The van der Waals surface area contributed by atoms with E-state index in [9.17, 15) is 9.59 Å². The van der Waals surface area contributed by atoms with E-state index in [4.69, 9.17) is 5.11 Å². The van der Waals surface area contributed by atoms with Gasteiger partial charge >= 0.3 is 5.97 Å². The zero-order valence-corrected chi connectivity index (χ0v) is 12.8. The van der Waals surface area contributed by atoms with E-state index in [1.54, 1.807) is 30.5 Å². The summed E-state index contributed by atoms with van der Waals surface area (Å²) in [6, 6.07) is 12.3. The average molecular weight is 327 g/mol. The first kappa shape index (κ1) is 15.0. The highest BCUT2D eigenvalue weighted by Gasteiger charge is 2.12. The quantitative estimate of drug-likeness (QED) is 0.755. The molecule has 0 saturated carbocycles. The van der Waals surface area contributed by atoms with E-state index in [1.165, 1.54) is 22.1 Å². The van der Waals surface area contributed by atoms with Gasteiger partial charge in [0.25, 0.3) is 0 Å². The lowest BCUT2D eigenvalue weighted by Crippen LogP contribution is -2.15. The molecule has 0 aliphatic rings. The Morgan fingerprint density at radius 3 is 2.70 bits per heavy atom. The number of benzene rings is 1. The van der Waals surface area contributed by atoms with Gasteiger partial charge in [-0.3, -0.25) is 4.79 Å². The second-order valence-corrected chi connectivity index (χ2v) is 5.80. The molecule has 0 atom stereocenters. The fourth-order valence-corrected chi connectivity index (χ4v) is 2.82. The van der Waals surface area contributed by atoms with Crippen molar-refractivity contribution in [1.82, 2.24) is 9.78 Å². The van der Waals surface area contributed by atoms with E-state index in [-0.39, 0.29) is 11.6 Å². The molecule has 0 unspecified atom stereocenters. The van der Waals surface area contributed by atoms with E-state index in [0.29, 0.717) is 17.8 Å². The summed E-state index contributed by atoms with van der Waals surface area (Å²) in [6.45, 7) is 0. The second-order valence-electron chi connectivity index (χ2n) is 4.77. The molecule has 7 heteroatoms. The smallest absolute Gasteiger partial charge is 0.356 e. The van der Waals surface area contributed by atoms with Crippen LogP contribution in [0.25, 0.3) is 5.69 Å². The minimum absolute atomic E-state index is 0.0512. The van der Waals surface area contributed by atoms with Gasteiger partial charge < -0.3 is 10.4 Å². The van der Waals surface area contributed by atoms with Crippen molar-refractivity contribution in [2.24, 2.45) is 0 Å². The number of anilines is 1. The normalized spacial score (nSPS) is 10.4. The fraction of sp³-hybridized carbons (Fsp3) is 0.0625. The monoisotopic (exact) mass is 327 g/mol. The molecule has 1 aromatic carbocycles. The van der Waals surface area contributed by atoms with Gasteiger partial charge in [0.05, 0.1) is 17.8 Å². The van der Waals surface area contributed by atoms with Crippen molar-refractivity contribution in [1.29, 1.82) is 0 Å². The van der Waals surface area contributed by atoms with E-state index in [0.717, 1.165) is 4.88 Å². The largest absolute Gasteiger partial charge is 0.476 e. The lowest BCUT2D eigenvalue weighted by atomic mass is 10.2. The first-order chi connectivity index (χ1) is 11.1. The standard InChI is InChI=1S/C16H13N3O3S/c20-15(10-11-4-3-9-23-11)17-12-5-1-2-6-14(12)19-8-7-13(18-19)16(21)22/h1-9H,10H2,(H,17,20)(H,21,22). The summed E-state index contributed by atoms with van der Waals surface area (Å²) >= 11 is 1.53. The van der Waals surface area contributed by atoms with Gasteiger partial charge in [-0.15, -0.1) is 11.3 Å². The Hall–Kier alpha value is -2.93. The maximum atomic E-state index is 12.1. The van der Waals surface area contributed by atoms with E-state index >= 15 is 0 Å². The first-order valence-electron chi connectivity index (χ1n) is 6.84. The fourth-order valence-electron chi connectivity index (χ4n) is 2.12. The second kappa shape index (κ2) is 6.45. The minimum Gasteiger partial charge on any atom is -0.476 e. The number of carbonyl (C=O) groups excluding carboxylic acids is 1. The maximum absolute atomic E-state index is 12.1. The van der Waals surface area contributed by atoms with Crippen molar-refractivity contribution in [3.8, 4) is 5.69 Å². The van der Waals surface area contributed by atoms with Gasteiger partial charge in [-0.05, 0) is 29.6 Å². The SMILES string of the molecule is O=C(Cc1cccs1)Nc1ccccc1-n1ccc(C(=O)O)n1. The molecule has 23 heavy (non-hydrogen) atoms. The molecule has 0 radical (unpaired) electrons. The summed E-state index contributed by atoms with van der Waals surface area (Å²) in [7, 11) is 0. The van der Waals surface area contributed by atoms with Crippen molar-refractivity contribution in [3.63, 3.8) is 0 Å². The molecule has 2 aromatic heterocycles. The molecule has 116 valence electrons. The number of para-hydroxylation sites is 2. The number of amides is 1. The van der Waals surface area contributed by atoms with Crippen molar-refractivity contribution in [2.75, 3.05) is 5.32 Å². The summed E-state index contributed by atoms with van der Waals surface area (Å²) in [6.07, 6.45) is 1.85. The number of hydrogen-bond donors (Lipinski definition) is 2. The Balaban J connectivity index is 1.82. The van der Waals surface area contributed by atoms with Crippen LogP contribution in [0.4, 0.5) is 5.69 Å². The van der Waals surface area contributed by atoms with Crippen molar-refractivity contribution in [3.05, 3.63) is 64.6 Å². The van der Waals surface area contributed by atoms with Crippen molar-refractivity contribution >= 4 is 28.9 Å². The van der Waals surface area contributed by atoms with Gasteiger partial charge in [0.15, 0.2) is 5.69 Å². The summed E-state index contributed by atoms with van der Waals surface area (Å²) in [5, 5.41) is 17.7. The molecule has 2 heterocycles. The van der Waals surface area contributed by atoms with Gasteiger partial charge in [0.1, 0.15) is 0 Å². The number of aromatic carboxylic acids is 1. The molecule has 2 N–H and O–H groups in total. The van der Waals surface area contributed by atoms with Crippen molar-refractivity contribution < 1.29 is 14.7 Å². The van der Waals surface area contributed by atoms with E-state index in [2.05, 4.69) is 10.4 Å². The third-order valence-corrected chi connectivity index (χ3v) is 4.02.